The van der Waals surface area contributed by atoms with E-state index in [-0.39, 0.29) is 10.8 Å². The number of carboxylic acid groups (broad SMARTS) is 1. The molecule has 0 saturated carbocycles. The molecule has 0 amide bonds. The predicted molar refractivity (Wildman–Crippen MR) is 68.9 cm³/mol. The van der Waals surface area contributed by atoms with Gasteiger partial charge in [0.25, 0.3) is 0 Å². The fourth-order valence-electron chi connectivity index (χ4n) is 1.62. The summed E-state index contributed by atoms with van der Waals surface area (Å²) in [7, 11) is 0. The van der Waals surface area contributed by atoms with Gasteiger partial charge in [0, 0.05) is 11.6 Å². The normalized spacial score (nSPS) is 10.4. The van der Waals surface area contributed by atoms with Crippen molar-refractivity contribution >= 4 is 17.6 Å². The van der Waals surface area contributed by atoms with Crippen molar-refractivity contribution in [1.82, 2.24) is 9.97 Å². The van der Waals surface area contributed by atoms with Crippen molar-refractivity contribution in [3.63, 3.8) is 0 Å². The minimum absolute atomic E-state index is 0.106. The Morgan fingerprint density at radius 2 is 1.94 bits per heavy atom. The predicted octanol–water partition coefficient (Wildman–Crippen LogP) is 3.11. The molecule has 0 aliphatic rings. The Hall–Kier alpha value is -1.94. The van der Waals surface area contributed by atoms with Crippen LogP contribution in [0.3, 0.4) is 0 Å². The lowest BCUT2D eigenvalue weighted by Gasteiger charge is -2.07. The Morgan fingerprint density at radius 3 is 2.61 bits per heavy atom. The summed E-state index contributed by atoms with van der Waals surface area (Å²) in [6, 6.07) is 7.06. The molecule has 1 aromatic carbocycles. The van der Waals surface area contributed by atoms with Crippen LogP contribution in [0.15, 0.2) is 24.3 Å². The number of aryl methyl sites for hydroxylation is 2. The summed E-state index contributed by atoms with van der Waals surface area (Å²) in [5.74, 6) is -0.785. The first-order valence-corrected chi connectivity index (χ1v) is 5.70. The van der Waals surface area contributed by atoms with Crippen LogP contribution in [0.25, 0.3) is 11.4 Å². The van der Waals surface area contributed by atoms with E-state index >= 15 is 0 Å². The van der Waals surface area contributed by atoms with Crippen LogP contribution in [-0.2, 0) is 0 Å². The van der Waals surface area contributed by atoms with Gasteiger partial charge in [-0.15, -0.1) is 0 Å². The average molecular weight is 263 g/mol. The molecule has 92 valence electrons. The van der Waals surface area contributed by atoms with Crippen LogP contribution in [0.1, 0.15) is 21.6 Å². The second kappa shape index (κ2) is 4.74. The van der Waals surface area contributed by atoms with Gasteiger partial charge in [0.05, 0.1) is 0 Å². The minimum atomic E-state index is -1.12. The van der Waals surface area contributed by atoms with Crippen LogP contribution in [0.2, 0.25) is 5.15 Å². The molecule has 1 heterocycles. The molecule has 0 fully saturated rings. The molecule has 0 aliphatic carbocycles. The molecule has 0 unspecified atom stereocenters. The zero-order chi connectivity index (χ0) is 13.3. The van der Waals surface area contributed by atoms with Crippen molar-refractivity contribution in [3.8, 4) is 11.4 Å². The molecule has 2 rings (SSSR count). The second-order valence-electron chi connectivity index (χ2n) is 4.02. The number of aromatic nitrogens is 2. The summed E-state index contributed by atoms with van der Waals surface area (Å²) in [6.07, 6.45) is 0. The van der Waals surface area contributed by atoms with E-state index < -0.39 is 5.97 Å². The molecule has 0 saturated heterocycles. The Labute approximate surface area is 109 Å². The first-order valence-electron chi connectivity index (χ1n) is 5.33. The van der Waals surface area contributed by atoms with E-state index in [0.29, 0.717) is 5.82 Å². The number of hydrogen-bond donors (Lipinski definition) is 1. The van der Waals surface area contributed by atoms with Gasteiger partial charge in [-0.05, 0) is 25.5 Å². The highest BCUT2D eigenvalue weighted by atomic mass is 35.5. The molecule has 0 aliphatic heterocycles. The summed E-state index contributed by atoms with van der Waals surface area (Å²) in [6.45, 7) is 3.87. The SMILES string of the molecule is Cc1ccc(C)c(-c2nc(Cl)cc(C(=O)O)n2)c1. The summed E-state index contributed by atoms with van der Waals surface area (Å²) in [5.41, 5.74) is 2.71. The number of nitrogens with zero attached hydrogens (tertiary/aromatic N) is 2. The quantitative estimate of drug-likeness (QED) is 0.845. The van der Waals surface area contributed by atoms with Crippen LogP contribution < -0.4 is 0 Å². The third-order valence-electron chi connectivity index (χ3n) is 2.55. The van der Waals surface area contributed by atoms with Gasteiger partial charge in [-0.25, -0.2) is 14.8 Å². The Morgan fingerprint density at radius 1 is 1.22 bits per heavy atom. The molecular weight excluding hydrogens is 252 g/mol. The van der Waals surface area contributed by atoms with Crippen molar-refractivity contribution in [2.75, 3.05) is 0 Å². The van der Waals surface area contributed by atoms with E-state index in [0.717, 1.165) is 16.7 Å². The number of rotatable bonds is 2. The van der Waals surface area contributed by atoms with Gasteiger partial charge in [0.15, 0.2) is 11.5 Å². The fraction of sp³-hybridized carbons (Fsp3) is 0.154. The van der Waals surface area contributed by atoms with Gasteiger partial charge in [-0.3, -0.25) is 0 Å². The maximum atomic E-state index is 10.9. The summed E-state index contributed by atoms with van der Waals surface area (Å²) < 4.78 is 0. The van der Waals surface area contributed by atoms with Crippen molar-refractivity contribution in [2.24, 2.45) is 0 Å². The van der Waals surface area contributed by atoms with E-state index in [1.165, 1.54) is 6.07 Å². The van der Waals surface area contributed by atoms with Gasteiger partial charge in [-0.1, -0.05) is 29.3 Å². The highest BCUT2D eigenvalue weighted by Gasteiger charge is 2.12. The lowest BCUT2D eigenvalue weighted by Crippen LogP contribution is -2.03. The van der Waals surface area contributed by atoms with Crippen molar-refractivity contribution in [1.29, 1.82) is 0 Å². The lowest BCUT2D eigenvalue weighted by atomic mass is 10.1. The van der Waals surface area contributed by atoms with Gasteiger partial charge in [0.1, 0.15) is 5.15 Å². The van der Waals surface area contributed by atoms with Gasteiger partial charge in [0.2, 0.25) is 0 Å². The highest BCUT2D eigenvalue weighted by molar-refractivity contribution is 6.29. The largest absolute Gasteiger partial charge is 0.477 e. The number of carboxylic acids is 1. The standard InChI is InChI=1S/C13H11ClN2O2/c1-7-3-4-8(2)9(5-7)12-15-10(13(17)18)6-11(14)16-12/h3-6H,1-2H3,(H,17,18). The molecule has 0 bridgehead atoms. The molecule has 2 aromatic rings. The van der Waals surface area contributed by atoms with E-state index in [1.807, 2.05) is 32.0 Å². The monoisotopic (exact) mass is 262 g/mol. The fourth-order valence-corrected chi connectivity index (χ4v) is 1.81. The van der Waals surface area contributed by atoms with Crippen LogP contribution in [0.5, 0.6) is 0 Å². The topological polar surface area (TPSA) is 63.1 Å². The van der Waals surface area contributed by atoms with Gasteiger partial charge in [-0.2, -0.15) is 0 Å². The maximum Gasteiger partial charge on any atom is 0.354 e. The number of benzene rings is 1. The van der Waals surface area contributed by atoms with Crippen molar-refractivity contribution in [3.05, 3.63) is 46.2 Å². The molecule has 0 atom stereocenters. The summed E-state index contributed by atoms with van der Waals surface area (Å²) >= 11 is 5.82. The zero-order valence-electron chi connectivity index (χ0n) is 9.94. The molecule has 1 aromatic heterocycles. The molecular formula is C13H11ClN2O2. The number of aromatic carboxylic acids is 1. The molecule has 0 radical (unpaired) electrons. The van der Waals surface area contributed by atoms with E-state index in [9.17, 15) is 4.79 Å². The minimum Gasteiger partial charge on any atom is -0.477 e. The molecule has 1 N–H and O–H groups in total. The van der Waals surface area contributed by atoms with E-state index in [1.54, 1.807) is 0 Å². The Balaban J connectivity index is 2.63. The van der Waals surface area contributed by atoms with E-state index in [4.69, 9.17) is 16.7 Å². The average Bonchev–Trinajstić information content (AvgIpc) is 2.31. The van der Waals surface area contributed by atoms with Crippen LogP contribution in [0, 0.1) is 13.8 Å². The highest BCUT2D eigenvalue weighted by Crippen LogP contribution is 2.23. The summed E-state index contributed by atoms with van der Waals surface area (Å²) in [4.78, 5) is 19.0. The first-order chi connectivity index (χ1) is 8.47. The molecule has 0 spiro atoms. The summed E-state index contributed by atoms with van der Waals surface area (Å²) in [5, 5.41) is 9.08. The molecule has 4 nitrogen and oxygen atoms in total. The number of carbonyl (C=O) groups is 1. The van der Waals surface area contributed by atoms with Crippen molar-refractivity contribution < 1.29 is 9.90 Å². The third-order valence-corrected chi connectivity index (χ3v) is 2.74. The molecule has 5 heteroatoms. The number of halogens is 1. The molecule has 18 heavy (non-hydrogen) atoms. The Bertz CT molecular complexity index is 626. The lowest BCUT2D eigenvalue weighted by molar-refractivity contribution is 0.0690. The maximum absolute atomic E-state index is 10.9. The van der Waals surface area contributed by atoms with E-state index in [2.05, 4.69) is 9.97 Å². The van der Waals surface area contributed by atoms with Crippen LogP contribution in [-0.4, -0.2) is 21.0 Å². The van der Waals surface area contributed by atoms with Gasteiger partial charge < -0.3 is 5.11 Å². The third kappa shape index (κ3) is 2.49. The first kappa shape index (κ1) is 12.5. The van der Waals surface area contributed by atoms with Crippen LogP contribution >= 0.6 is 11.6 Å². The van der Waals surface area contributed by atoms with Crippen molar-refractivity contribution in [2.45, 2.75) is 13.8 Å². The zero-order valence-corrected chi connectivity index (χ0v) is 10.7. The van der Waals surface area contributed by atoms with Gasteiger partial charge >= 0.3 is 5.97 Å². The van der Waals surface area contributed by atoms with Crippen LogP contribution in [0.4, 0.5) is 0 Å². The second-order valence-corrected chi connectivity index (χ2v) is 4.41. The Kier molecular flexibility index (Phi) is 3.30. The smallest absolute Gasteiger partial charge is 0.354 e. The number of hydrogen-bond acceptors (Lipinski definition) is 3.